The highest BCUT2D eigenvalue weighted by atomic mass is 32.2. The average Bonchev–Trinajstić information content (AvgIpc) is 2.65. The first-order chi connectivity index (χ1) is 13.5. The van der Waals surface area contributed by atoms with E-state index in [1.165, 1.54) is 4.31 Å². The highest BCUT2D eigenvalue weighted by molar-refractivity contribution is 7.89. The molecule has 1 aliphatic heterocycles. The number of sulfonamides is 1. The van der Waals surface area contributed by atoms with E-state index >= 15 is 0 Å². The van der Waals surface area contributed by atoms with Crippen molar-refractivity contribution in [1.29, 1.82) is 0 Å². The van der Waals surface area contributed by atoms with Crippen LogP contribution in [0, 0.1) is 34.6 Å². The highest BCUT2D eigenvalue weighted by Crippen LogP contribution is 2.31. The summed E-state index contributed by atoms with van der Waals surface area (Å²) in [6, 6.07) is -0.519. The van der Waals surface area contributed by atoms with E-state index in [-0.39, 0.29) is 6.54 Å². The molecule has 0 aromatic heterocycles. The van der Waals surface area contributed by atoms with E-state index in [9.17, 15) is 18.0 Å². The Morgan fingerprint density at radius 2 is 1.34 bits per heavy atom. The van der Waals surface area contributed by atoms with Crippen LogP contribution in [0.3, 0.4) is 0 Å². The SMILES string of the molecule is CCNC(=O)NC(=O)CN1CCN(S(=O)(=O)c2c(C)c(C)c(C)c(C)c2C)CC1. The quantitative estimate of drug-likeness (QED) is 0.744. The van der Waals surface area contributed by atoms with Crippen LogP contribution in [0.1, 0.15) is 34.7 Å². The largest absolute Gasteiger partial charge is 0.338 e. The number of rotatable bonds is 5. The number of piperazine rings is 1. The van der Waals surface area contributed by atoms with Gasteiger partial charge in [-0.05, 0) is 69.4 Å². The fraction of sp³-hybridized carbons (Fsp3) is 0.600. The molecule has 1 aromatic rings. The van der Waals surface area contributed by atoms with Gasteiger partial charge >= 0.3 is 6.03 Å². The third kappa shape index (κ3) is 4.96. The van der Waals surface area contributed by atoms with Gasteiger partial charge in [0.1, 0.15) is 0 Å². The van der Waals surface area contributed by atoms with Gasteiger partial charge in [0, 0.05) is 32.7 Å². The molecule has 1 aromatic carbocycles. The van der Waals surface area contributed by atoms with Gasteiger partial charge in [-0.1, -0.05) is 0 Å². The van der Waals surface area contributed by atoms with E-state index in [2.05, 4.69) is 10.6 Å². The number of imide groups is 1. The van der Waals surface area contributed by atoms with Crippen molar-refractivity contribution < 1.29 is 18.0 Å². The Balaban J connectivity index is 2.10. The number of hydrogen-bond donors (Lipinski definition) is 2. The number of amides is 3. The Hall–Kier alpha value is -1.97. The number of benzene rings is 1. The van der Waals surface area contributed by atoms with Gasteiger partial charge in [-0.3, -0.25) is 15.0 Å². The van der Waals surface area contributed by atoms with Gasteiger partial charge in [0.05, 0.1) is 11.4 Å². The Morgan fingerprint density at radius 3 is 1.83 bits per heavy atom. The Morgan fingerprint density at radius 1 is 0.862 bits per heavy atom. The molecular formula is C20H32N4O4S. The predicted octanol–water partition coefficient (Wildman–Crippen LogP) is 1.38. The Kier molecular flexibility index (Phi) is 7.42. The van der Waals surface area contributed by atoms with Gasteiger partial charge in [0.2, 0.25) is 15.9 Å². The first-order valence-electron chi connectivity index (χ1n) is 9.87. The van der Waals surface area contributed by atoms with Crippen molar-refractivity contribution in [3.8, 4) is 0 Å². The zero-order chi connectivity index (χ0) is 21.9. The molecule has 0 unspecified atom stereocenters. The molecule has 0 spiro atoms. The molecule has 1 aliphatic rings. The standard InChI is InChI=1S/C20H32N4O4S/c1-7-21-20(26)22-18(25)12-23-8-10-24(11-9-23)29(27,28)19-16(5)14(3)13(2)15(4)17(19)6/h7-12H2,1-6H3,(H2,21,22,25,26). The molecule has 2 N–H and O–H groups in total. The number of carbonyl (C=O) groups is 2. The third-order valence-electron chi connectivity index (χ3n) is 5.82. The van der Waals surface area contributed by atoms with Crippen molar-refractivity contribution in [3.63, 3.8) is 0 Å². The maximum Gasteiger partial charge on any atom is 0.321 e. The number of nitrogens with zero attached hydrogens (tertiary/aromatic N) is 2. The zero-order valence-electron chi connectivity index (χ0n) is 18.2. The van der Waals surface area contributed by atoms with Gasteiger partial charge < -0.3 is 5.32 Å². The second-order valence-electron chi connectivity index (χ2n) is 7.54. The summed E-state index contributed by atoms with van der Waals surface area (Å²) in [7, 11) is -3.62. The van der Waals surface area contributed by atoms with Crippen LogP contribution in [-0.2, 0) is 14.8 Å². The summed E-state index contributed by atoms with van der Waals surface area (Å²) in [6.45, 7) is 13.4. The lowest BCUT2D eigenvalue weighted by Crippen LogP contribution is -2.52. The molecule has 1 saturated heterocycles. The smallest absolute Gasteiger partial charge is 0.321 e. The van der Waals surface area contributed by atoms with E-state index in [0.29, 0.717) is 37.6 Å². The summed E-state index contributed by atoms with van der Waals surface area (Å²) >= 11 is 0. The number of nitrogens with one attached hydrogen (secondary N) is 2. The second-order valence-corrected chi connectivity index (χ2v) is 9.42. The van der Waals surface area contributed by atoms with Crippen molar-refractivity contribution in [3.05, 3.63) is 27.8 Å². The topological polar surface area (TPSA) is 98.8 Å². The molecule has 0 atom stereocenters. The van der Waals surface area contributed by atoms with Gasteiger partial charge in [0.15, 0.2) is 0 Å². The maximum absolute atomic E-state index is 13.4. The summed E-state index contributed by atoms with van der Waals surface area (Å²) in [5, 5.41) is 4.77. The molecule has 162 valence electrons. The fourth-order valence-corrected chi connectivity index (χ4v) is 5.67. The van der Waals surface area contributed by atoms with Crippen molar-refractivity contribution in [2.75, 3.05) is 39.3 Å². The van der Waals surface area contributed by atoms with Crippen LogP contribution < -0.4 is 10.6 Å². The molecular weight excluding hydrogens is 392 g/mol. The van der Waals surface area contributed by atoms with Crippen LogP contribution in [0.25, 0.3) is 0 Å². The molecule has 0 saturated carbocycles. The molecule has 2 rings (SSSR count). The summed E-state index contributed by atoms with van der Waals surface area (Å²) in [5.74, 6) is -0.399. The summed E-state index contributed by atoms with van der Waals surface area (Å²) in [6.07, 6.45) is 0. The normalized spacial score (nSPS) is 15.9. The van der Waals surface area contributed by atoms with Crippen molar-refractivity contribution in [1.82, 2.24) is 19.8 Å². The van der Waals surface area contributed by atoms with Gasteiger partial charge in [-0.2, -0.15) is 4.31 Å². The van der Waals surface area contributed by atoms with E-state index in [0.717, 1.165) is 27.8 Å². The maximum atomic E-state index is 13.4. The molecule has 1 fully saturated rings. The number of hydrogen-bond acceptors (Lipinski definition) is 5. The second kappa shape index (κ2) is 9.23. The van der Waals surface area contributed by atoms with Gasteiger partial charge in [-0.15, -0.1) is 0 Å². The molecule has 1 heterocycles. The Labute approximate surface area is 173 Å². The summed E-state index contributed by atoms with van der Waals surface area (Å²) in [5.41, 5.74) is 4.74. The minimum atomic E-state index is -3.62. The molecule has 8 nitrogen and oxygen atoms in total. The van der Waals surface area contributed by atoms with E-state index in [1.807, 2.05) is 39.5 Å². The lowest BCUT2D eigenvalue weighted by Gasteiger charge is -2.34. The molecule has 0 aliphatic carbocycles. The first-order valence-corrected chi connectivity index (χ1v) is 11.3. The molecule has 3 amide bonds. The van der Waals surface area contributed by atoms with Gasteiger partial charge in [0.25, 0.3) is 0 Å². The van der Waals surface area contributed by atoms with Crippen LogP contribution in [0.5, 0.6) is 0 Å². The van der Waals surface area contributed by atoms with Crippen molar-refractivity contribution in [2.24, 2.45) is 0 Å². The van der Waals surface area contributed by atoms with Crippen LogP contribution in [0.4, 0.5) is 4.79 Å². The van der Waals surface area contributed by atoms with E-state index < -0.39 is 22.0 Å². The summed E-state index contributed by atoms with van der Waals surface area (Å²) in [4.78, 5) is 25.6. The lowest BCUT2D eigenvalue weighted by molar-refractivity contribution is -0.121. The van der Waals surface area contributed by atoms with Crippen LogP contribution >= 0.6 is 0 Å². The first kappa shape index (κ1) is 23.3. The lowest BCUT2D eigenvalue weighted by atomic mass is 9.95. The van der Waals surface area contributed by atoms with Crippen molar-refractivity contribution in [2.45, 2.75) is 46.4 Å². The predicted molar refractivity (Wildman–Crippen MR) is 113 cm³/mol. The highest BCUT2D eigenvalue weighted by Gasteiger charge is 2.32. The van der Waals surface area contributed by atoms with E-state index in [4.69, 9.17) is 0 Å². The fourth-order valence-electron chi connectivity index (χ4n) is 3.68. The monoisotopic (exact) mass is 424 g/mol. The van der Waals surface area contributed by atoms with Crippen molar-refractivity contribution >= 4 is 22.0 Å². The van der Waals surface area contributed by atoms with Crippen LogP contribution in [0.2, 0.25) is 0 Å². The van der Waals surface area contributed by atoms with Crippen LogP contribution in [-0.4, -0.2) is 68.8 Å². The number of carbonyl (C=O) groups excluding carboxylic acids is 2. The number of urea groups is 1. The van der Waals surface area contributed by atoms with Gasteiger partial charge in [-0.25, -0.2) is 13.2 Å². The average molecular weight is 425 g/mol. The third-order valence-corrected chi connectivity index (χ3v) is 7.99. The molecule has 29 heavy (non-hydrogen) atoms. The minimum absolute atomic E-state index is 0.0613. The molecule has 0 bridgehead atoms. The minimum Gasteiger partial charge on any atom is -0.338 e. The van der Waals surface area contributed by atoms with Crippen LogP contribution in [0.15, 0.2) is 4.90 Å². The van der Waals surface area contributed by atoms with E-state index in [1.54, 1.807) is 6.92 Å². The summed E-state index contributed by atoms with van der Waals surface area (Å²) < 4.78 is 28.2. The molecule has 9 heteroatoms. The molecule has 0 radical (unpaired) electrons. The Bertz CT molecular complexity index is 875. The zero-order valence-corrected chi connectivity index (χ0v) is 19.0.